The zero-order chi connectivity index (χ0) is 22.2. The first-order valence-electron chi connectivity index (χ1n) is 11.1. The topological polar surface area (TPSA) is 66.3 Å². The highest BCUT2D eigenvalue weighted by Crippen LogP contribution is 2.24. The van der Waals surface area contributed by atoms with Crippen LogP contribution in [0.4, 0.5) is 9.52 Å². The molecule has 1 aromatic carbocycles. The zero-order valence-corrected chi connectivity index (χ0v) is 18.9. The summed E-state index contributed by atoms with van der Waals surface area (Å²) in [6, 6.07) is 6.58. The molecule has 0 radical (unpaired) electrons. The number of imidazole rings is 1. The molecular weight excluding hydrogens is 427 g/mol. The van der Waals surface area contributed by atoms with E-state index in [4.69, 9.17) is 0 Å². The van der Waals surface area contributed by atoms with Gasteiger partial charge in [0.2, 0.25) is 0 Å². The van der Waals surface area contributed by atoms with Crippen molar-refractivity contribution in [3.05, 3.63) is 65.4 Å². The Kier molecular flexibility index (Phi) is 7.84. The predicted molar refractivity (Wildman–Crippen MR) is 124 cm³/mol. The van der Waals surface area contributed by atoms with Gasteiger partial charge in [0.05, 0.1) is 12.5 Å². The number of benzene rings is 1. The van der Waals surface area contributed by atoms with Crippen LogP contribution in [-0.4, -0.2) is 58.1 Å². The lowest BCUT2D eigenvalue weighted by atomic mass is 10.2. The van der Waals surface area contributed by atoms with Gasteiger partial charge in [-0.05, 0) is 50.0 Å². The molecule has 1 N–H and O–H groups in total. The number of amides is 1. The number of likely N-dealkylation sites (tertiary alicyclic amines) is 1. The Balaban J connectivity index is 1.35. The Hall–Kier alpha value is -2.78. The number of nitrogens with one attached hydrogen (secondary N) is 1. The van der Waals surface area contributed by atoms with Crippen molar-refractivity contribution in [3.8, 4) is 0 Å². The van der Waals surface area contributed by atoms with Gasteiger partial charge in [0.1, 0.15) is 10.7 Å². The molecule has 0 unspecified atom stereocenters. The Bertz CT molecular complexity index is 969. The van der Waals surface area contributed by atoms with Gasteiger partial charge >= 0.3 is 0 Å². The summed E-state index contributed by atoms with van der Waals surface area (Å²) in [6.07, 6.45) is 10.4. The quantitative estimate of drug-likeness (QED) is 0.448. The SMILES string of the molecule is O=C(NCCCn1ccnc1)c1cnc(N(CCN2CCCC2)Cc2ccc(F)cc2)s1. The molecule has 9 heteroatoms. The number of hydrogen-bond donors (Lipinski definition) is 1. The van der Waals surface area contributed by atoms with Crippen molar-refractivity contribution in [2.24, 2.45) is 0 Å². The Labute approximate surface area is 191 Å². The lowest BCUT2D eigenvalue weighted by Gasteiger charge is -2.25. The lowest BCUT2D eigenvalue weighted by molar-refractivity contribution is 0.0956. The summed E-state index contributed by atoms with van der Waals surface area (Å²) in [5.41, 5.74) is 1.02. The van der Waals surface area contributed by atoms with Crippen LogP contribution < -0.4 is 10.2 Å². The van der Waals surface area contributed by atoms with Crippen LogP contribution in [0.5, 0.6) is 0 Å². The first kappa shape index (κ1) is 22.4. The highest BCUT2D eigenvalue weighted by atomic mass is 32.1. The minimum atomic E-state index is -0.237. The van der Waals surface area contributed by atoms with Crippen molar-refractivity contribution in [1.82, 2.24) is 24.8 Å². The number of hydrogen-bond acceptors (Lipinski definition) is 6. The standard InChI is InChI=1S/C23H29FN6OS/c24-20-6-4-19(5-7-20)17-30(15-14-28-10-1-2-11-28)23-27-16-21(32-23)22(31)26-8-3-12-29-13-9-25-18-29/h4-7,9,13,16,18H,1-3,8,10-12,14-15,17H2,(H,26,31). The summed E-state index contributed by atoms with van der Waals surface area (Å²) >= 11 is 1.40. The first-order valence-corrected chi connectivity index (χ1v) is 11.9. The van der Waals surface area contributed by atoms with E-state index in [1.165, 1.54) is 36.3 Å². The number of carbonyl (C=O) groups excluding carboxylic acids is 1. The molecular formula is C23H29FN6OS. The molecule has 0 aliphatic carbocycles. The molecule has 0 bridgehead atoms. The normalized spacial score (nSPS) is 14.0. The summed E-state index contributed by atoms with van der Waals surface area (Å²) in [6.45, 7) is 6.08. The molecule has 2 aromatic heterocycles. The van der Waals surface area contributed by atoms with E-state index in [1.807, 2.05) is 10.8 Å². The molecule has 7 nitrogen and oxygen atoms in total. The Morgan fingerprint density at radius 1 is 1.19 bits per heavy atom. The molecule has 1 amide bonds. The van der Waals surface area contributed by atoms with E-state index < -0.39 is 0 Å². The lowest BCUT2D eigenvalue weighted by Crippen LogP contribution is -2.33. The van der Waals surface area contributed by atoms with Gasteiger partial charge in [0, 0.05) is 45.1 Å². The van der Waals surface area contributed by atoms with Crippen molar-refractivity contribution in [1.29, 1.82) is 0 Å². The molecule has 170 valence electrons. The average Bonchev–Trinajstić information content (AvgIpc) is 3.58. The monoisotopic (exact) mass is 456 g/mol. The molecule has 1 saturated heterocycles. The second-order valence-corrected chi connectivity index (χ2v) is 9.02. The predicted octanol–water partition coefficient (Wildman–Crippen LogP) is 3.40. The molecule has 1 fully saturated rings. The van der Waals surface area contributed by atoms with Crippen molar-refractivity contribution < 1.29 is 9.18 Å². The van der Waals surface area contributed by atoms with Gasteiger partial charge in [-0.2, -0.15) is 0 Å². The molecule has 3 heterocycles. The summed E-state index contributed by atoms with van der Waals surface area (Å²) in [5.74, 6) is -0.334. The van der Waals surface area contributed by atoms with Crippen LogP contribution >= 0.6 is 11.3 Å². The van der Waals surface area contributed by atoms with Crippen LogP contribution in [-0.2, 0) is 13.1 Å². The van der Waals surface area contributed by atoms with Gasteiger partial charge in [0.25, 0.3) is 5.91 Å². The zero-order valence-electron chi connectivity index (χ0n) is 18.1. The largest absolute Gasteiger partial charge is 0.351 e. The molecule has 32 heavy (non-hydrogen) atoms. The van der Waals surface area contributed by atoms with Crippen molar-refractivity contribution in [2.75, 3.05) is 37.6 Å². The summed E-state index contributed by atoms with van der Waals surface area (Å²) in [5, 5.41) is 3.79. The van der Waals surface area contributed by atoms with Gasteiger partial charge in [-0.25, -0.2) is 14.4 Å². The van der Waals surface area contributed by atoms with E-state index >= 15 is 0 Å². The number of aryl methyl sites for hydroxylation is 1. The number of halogens is 1. The van der Waals surface area contributed by atoms with Gasteiger partial charge in [0.15, 0.2) is 5.13 Å². The smallest absolute Gasteiger partial charge is 0.263 e. The van der Waals surface area contributed by atoms with E-state index in [0.29, 0.717) is 18.0 Å². The van der Waals surface area contributed by atoms with Crippen LogP contribution in [0, 0.1) is 5.82 Å². The number of thiazole rings is 1. The minimum Gasteiger partial charge on any atom is -0.351 e. The van der Waals surface area contributed by atoms with Gasteiger partial charge in [-0.15, -0.1) is 0 Å². The van der Waals surface area contributed by atoms with E-state index in [2.05, 4.69) is 25.1 Å². The average molecular weight is 457 g/mol. The number of rotatable bonds is 11. The molecule has 1 aliphatic heterocycles. The van der Waals surface area contributed by atoms with Crippen molar-refractivity contribution in [2.45, 2.75) is 32.4 Å². The van der Waals surface area contributed by atoms with Gasteiger partial charge in [-0.3, -0.25) is 4.79 Å². The summed E-state index contributed by atoms with van der Waals surface area (Å²) in [7, 11) is 0. The molecule has 1 aliphatic rings. The first-order chi connectivity index (χ1) is 15.7. The maximum atomic E-state index is 13.3. The number of carbonyl (C=O) groups is 1. The van der Waals surface area contributed by atoms with E-state index in [1.54, 1.807) is 30.9 Å². The summed E-state index contributed by atoms with van der Waals surface area (Å²) < 4.78 is 15.3. The second-order valence-electron chi connectivity index (χ2n) is 8.01. The summed E-state index contributed by atoms with van der Waals surface area (Å²) in [4.78, 5) is 26.4. The third-order valence-corrected chi connectivity index (χ3v) is 6.65. The highest BCUT2D eigenvalue weighted by molar-refractivity contribution is 7.17. The third-order valence-electron chi connectivity index (χ3n) is 5.60. The Morgan fingerprint density at radius 3 is 2.75 bits per heavy atom. The number of nitrogens with zero attached hydrogens (tertiary/aromatic N) is 5. The maximum Gasteiger partial charge on any atom is 0.263 e. The molecule has 4 rings (SSSR count). The Morgan fingerprint density at radius 2 is 2.00 bits per heavy atom. The van der Waals surface area contributed by atoms with E-state index in [9.17, 15) is 9.18 Å². The van der Waals surface area contributed by atoms with Gasteiger partial charge < -0.3 is 19.7 Å². The van der Waals surface area contributed by atoms with Crippen molar-refractivity contribution >= 4 is 22.4 Å². The molecule has 0 saturated carbocycles. The minimum absolute atomic E-state index is 0.0966. The fraction of sp³-hybridized carbons (Fsp3) is 0.435. The molecule has 0 spiro atoms. The van der Waals surface area contributed by atoms with Crippen molar-refractivity contribution in [3.63, 3.8) is 0 Å². The van der Waals surface area contributed by atoms with E-state index in [-0.39, 0.29) is 11.7 Å². The van der Waals surface area contributed by atoms with Crippen LogP contribution in [0.3, 0.4) is 0 Å². The molecule has 3 aromatic rings. The highest BCUT2D eigenvalue weighted by Gasteiger charge is 2.18. The maximum absolute atomic E-state index is 13.3. The molecule has 0 atom stereocenters. The van der Waals surface area contributed by atoms with Gasteiger partial charge in [-0.1, -0.05) is 23.5 Å². The van der Waals surface area contributed by atoms with Crippen LogP contribution in [0.25, 0.3) is 0 Å². The fourth-order valence-electron chi connectivity index (χ4n) is 3.81. The van der Waals surface area contributed by atoms with Crippen LogP contribution in [0.15, 0.2) is 49.2 Å². The second kappa shape index (κ2) is 11.2. The van der Waals surface area contributed by atoms with Crippen LogP contribution in [0.2, 0.25) is 0 Å². The van der Waals surface area contributed by atoms with E-state index in [0.717, 1.165) is 49.8 Å². The fourth-order valence-corrected chi connectivity index (χ4v) is 4.66. The number of anilines is 1. The third kappa shape index (κ3) is 6.37. The van der Waals surface area contributed by atoms with Crippen LogP contribution in [0.1, 0.15) is 34.5 Å². The number of aromatic nitrogens is 3.